The Labute approximate surface area is 244 Å². The first-order valence-electron chi connectivity index (χ1n) is 14.3. The van der Waals surface area contributed by atoms with Crippen LogP contribution in [0.25, 0.3) is 11.4 Å². The van der Waals surface area contributed by atoms with Gasteiger partial charge in [0.2, 0.25) is 11.8 Å². The normalized spacial score (nSPS) is 17.4. The number of hydrogen-bond donors (Lipinski definition) is 2. The van der Waals surface area contributed by atoms with Gasteiger partial charge in [-0.2, -0.15) is 4.98 Å². The summed E-state index contributed by atoms with van der Waals surface area (Å²) in [7, 11) is 0. The van der Waals surface area contributed by atoms with E-state index in [1.165, 1.54) is 15.9 Å². The zero-order valence-corrected chi connectivity index (χ0v) is 23.7. The predicted octanol–water partition coefficient (Wildman–Crippen LogP) is 2.36. The maximum Gasteiger partial charge on any atom is 0.409 e. The van der Waals surface area contributed by atoms with Crippen LogP contribution in [0.4, 0.5) is 4.79 Å². The molecule has 2 atom stereocenters. The third-order valence-electron chi connectivity index (χ3n) is 6.97. The van der Waals surface area contributed by atoms with Crippen LogP contribution in [0, 0.1) is 0 Å². The van der Waals surface area contributed by atoms with Gasteiger partial charge in [0.1, 0.15) is 17.8 Å². The van der Waals surface area contributed by atoms with Gasteiger partial charge in [0.25, 0.3) is 5.91 Å². The van der Waals surface area contributed by atoms with Crippen LogP contribution < -0.4 is 10.1 Å². The smallest absolute Gasteiger partial charge is 0.409 e. The van der Waals surface area contributed by atoms with E-state index in [0.717, 1.165) is 12.8 Å². The molecular weight excluding hydrogens is 546 g/mol. The van der Waals surface area contributed by atoms with E-state index >= 15 is 0 Å². The number of carboxylic acids is 1. The Hall–Kier alpha value is -4.26. The maximum absolute atomic E-state index is 13.5. The summed E-state index contributed by atoms with van der Waals surface area (Å²) < 4.78 is 16.6. The van der Waals surface area contributed by atoms with Gasteiger partial charge < -0.3 is 34.4 Å². The Morgan fingerprint density at radius 1 is 1.10 bits per heavy atom. The van der Waals surface area contributed by atoms with Crippen molar-refractivity contribution >= 4 is 23.9 Å². The molecule has 0 radical (unpaired) electrons. The van der Waals surface area contributed by atoms with E-state index in [1.807, 2.05) is 25.1 Å². The molecule has 0 spiro atoms. The molecule has 1 aromatic heterocycles. The molecule has 2 aliphatic heterocycles. The monoisotopic (exact) mass is 583 g/mol. The summed E-state index contributed by atoms with van der Waals surface area (Å²) in [5, 5.41) is 12.0. The number of benzene rings is 1. The van der Waals surface area contributed by atoms with E-state index in [0.29, 0.717) is 31.8 Å². The fraction of sp³-hybridized carbons (Fsp3) is 0.517. The molecule has 2 aliphatic rings. The van der Waals surface area contributed by atoms with Gasteiger partial charge in [0.15, 0.2) is 5.82 Å². The zero-order valence-electron chi connectivity index (χ0n) is 23.7. The number of amides is 3. The van der Waals surface area contributed by atoms with Gasteiger partial charge in [-0.3, -0.25) is 14.4 Å². The van der Waals surface area contributed by atoms with E-state index in [-0.39, 0.29) is 62.5 Å². The molecule has 4 rings (SSSR count). The average Bonchev–Trinajstić information content (AvgIpc) is 3.52. The molecule has 13 heteroatoms. The van der Waals surface area contributed by atoms with E-state index < -0.39 is 29.9 Å². The van der Waals surface area contributed by atoms with Gasteiger partial charge in [0.05, 0.1) is 19.8 Å². The third-order valence-corrected chi connectivity index (χ3v) is 6.97. The van der Waals surface area contributed by atoms with E-state index in [9.17, 15) is 24.3 Å². The number of carbonyl (C=O) groups excluding carboxylic acids is 3. The molecule has 2 aromatic rings. The van der Waals surface area contributed by atoms with Crippen LogP contribution >= 0.6 is 0 Å². The van der Waals surface area contributed by atoms with Crippen molar-refractivity contribution in [3.8, 4) is 17.3 Å². The number of hydrogen-bond acceptors (Lipinski definition) is 9. The molecule has 2 saturated heterocycles. The Morgan fingerprint density at radius 3 is 2.50 bits per heavy atom. The lowest BCUT2D eigenvalue weighted by Crippen LogP contribution is -2.56. The lowest BCUT2D eigenvalue weighted by Gasteiger charge is -2.36. The molecule has 2 N–H and O–H groups in total. The van der Waals surface area contributed by atoms with E-state index in [4.69, 9.17) is 14.2 Å². The van der Waals surface area contributed by atoms with E-state index in [1.54, 1.807) is 12.1 Å². The summed E-state index contributed by atoms with van der Waals surface area (Å²) in [4.78, 5) is 62.5. The van der Waals surface area contributed by atoms with Crippen molar-refractivity contribution in [2.75, 3.05) is 46.0 Å². The predicted molar refractivity (Wildman–Crippen MR) is 150 cm³/mol. The number of ether oxygens (including phenoxy) is 3. The van der Waals surface area contributed by atoms with Crippen molar-refractivity contribution in [3.05, 3.63) is 42.1 Å². The van der Waals surface area contributed by atoms with Crippen molar-refractivity contribution in [2.45, 2.75) is 51.2 Å². The second kappa shape index (κ2) is 15.1. The van der Waals surface area contributed by atoms with E-state index in [2.05, 4.69) is 15.3 Å². The molecule has 2 fully saturated rings. The summed E-state index contributed by atoms with van der Waals surface area (Å²) in [6.45, 7) is 4.32. The van der Waals surface area contributed by atoms with Crippen LogP contribution in [0.2, 0.25) is 0 Å². The molecule has 1 unspecified atom stereocenters. The molecule has 13 nitrogen and oxygen atoms in total. The van der Waals surface area contributed by atoms with Crippen LogP contribution in [0.1, 0.15) is 49.5 Å². The highest BCUT2D eigenvalue weighted by molar-refractivity contribution is 5.96. The molecule has 42 heavy (non-hydrogen) atoms. The zero-order chi connectivity index (χ0) is 29.9. The molecule has 0 aliphatic carbocycles. The fourth-order valence-corrected chi connectivity index (χ4v) is 4.58. The fourth-order valence-electron chi connectivity index (χ4n) is 4.58. The van der Waals surface area contributed by atoms with Gasteiger partial charge in [0, 0.05) is 50.7 Å². The Morgan fingerprint density at radius 2 is 1.83 bits per heavy atom. The maximum atomic E-state index is 13.5. The lowest BCUT2D eigenvalue weighted by atomic mass is 10.1. The molecule has 0 saturated carbocycles. The summed E-state index contributed by atoms with van der Waals surface area (Å²) in [5.41, 5.74) is 0.648. The number of piperazine rings is 1. The minimum atomic E-state index is -1.11. The van der Waals surface area contributed by atoms with Crippen LogP contribution in [0.5, 0.6) is 5.88 Å². The van der Waals surface area contributed by atoms with Crippen molar-refractivity contribution in [2.24, 2.45) is 0 Å². The first-order valence-corrected chi connectivity index (χ1v) is 14.3. The largest absolute Gasteiger partial charge is 0.481 e. The Kier molecular flexibility index (Phi) is 11.0. The van der Waals surface area contributed by atoms with Gasteiger partial charge in [-0.15, -0.1) is 0 Å². The number of unbranched alkanes of at least 4 members (excludes halogenated alkanes) is 1. The van der Waals surface area contributed by atoms with Crippen molar-refractivity contribution in [1.82, 2.24) is 25.1 Å². The van der Waals surface area contributed by atoms with Gasteiger partial charge in [-0.1, -0.05) is 43.7 Å². The summed E-state index contributed by atoms with van der Waals surface area (Å²) in [6, 6.07) is 9.39. The minimum Gasteiger partial charge on any atom is -0.481 e. The van der Waals surface area contributed by atoms with Crippen LogP contribution in [-0.4, -0.2) is 107 Å². The quantitative estimate of drug-likeness (QED) is 0.355. The summed E-state index contributed by atoms with van der Waals surface area (Å²) in [5.74, 6) is -1.72. The molecule has 3 amide bonds. The first kappa shape index (κ1) is 30.7. The van der Waals surface area contributed by atoms with Crippen molar-refractivity contribution in [3.63, 3.8) is 0 Å². The number of nitrogens with one attached hydrogen (secondary N) is 1. The van der Waals surface area contributed by atoms with Crippen LogP contribution in [0.15, 0.2) is 36.4 Å². The highest BCUT2D eigenvalue weighted by Gasteiger charge is 2.31. The number of aromatic nitrogens is 2. The van der Waals surface area contributed by atoms with Crippen LogP contribution in [0.3, 0.4) is 0 Å². The van der Waals surface area contributed by atoms with Gasteiger partial charge in [-0.25, -0.2) is 9.78 Å². The standard InChI is InChI=1S/C29H37N5O8/c1-2-3-16-41-29(39)34-14-12-33(13-15-34)28(38)22(9-10-25(35)36)31-27(37)23-18-24(42-21-11-17-40-19-21)32-26(30-23)20-7-5-4-6-8-20/h4-8,18,21-22H,2-3,9-17,19H2,1H3,(H,31,37)(H,35,36)/t21?,22-/m0/s1. The second-order valence-electron chi connectivity index (χ2n) is 10.1. The van der Waals surface area contributed by atoms with Gasteiger partial charge in [-0.05, 0) is 12.8 Å². The number of nitrogens with zero attached hydrogens (tertiary/aromatic N) is 4. The number of aliphatic carboxylic acids is 1. The topological polar surface area (TPSA) is 160 Å². The Balaban J connectivity index is 1.47. The summed E-state index contributed by atoms with van der Waals surface area (Å²) >= 11 is 0. The average molecular weight is 584 g/mol. The SMILES string of the molecule is CCCCOC(=O)N1CCN(C(=O)[C@H](CCC(=O)O)NC(=O)c2cc(OC3CCOC3)nc(-c3ccccc3)n2)CC1. The van der Waals surface area contributed by atoms with Crippen molar-refractivity contribution in [1.29, 1.82) is 0 Å². The summed E-state index contributed by atoms with van der Waals surface area (Å²) in [6.07, 6.45) is 1.29. The number of carbonyl (C=O) groups is 4. The van der Waals surface area contributed by atoms with Gasteiger partial charge >= 0.3 is 12.1 Å². The third kappa shape index (κ3) is 8.62. The molecule has 3 heterocycles. The second-order valence-corrected chi connectivity index (χ2v) is 10.1. The number of rotatable bonds is 12. The lowest BCUT2D eigenvalue weighted by molar-refractivity contribution is -0.138. The highest BCUT2D eigenvalue weighted by Crippen LogP contribution is 2.22. The molecular formula is C29H37N5O8. The van der Waals surface area contributed by atoms with Crippen LogP contribution in [-0.2, 0) is 19.1 Å². The number of carboxylic acid groups (broad SMARTS) is 1. The first-order chi connectivity index (χ1) is 20.3. The molecule has 0 bridgehead atoms. The Bertz CT molecular complexity index is 1230. The molecule has 1 aromatic carbocycles. The molecule has 226 valence electrons. The highest BCUT2D eigenvalue weighted by atomic mass is 16.6. The van der Waals surface area contributed by atoms with Crippen molar-refractivity contribution < 1.29 is 38.5 Å². The minimum absolute atomic E-state index is 0.0227.